The minimum atomic E-state index is -3.51. The van der Waals surface area contributed by atoms with Crippen molar-refractivity contribution in [2.75, 3.05) is 75.9 Å². The fourth-order valence-corrected chi connectivity index (χ4v) is 10.5. The van der Waals surface area contributed by atoms with E-state index in [0.29, 0.717) is 52.4 Å². The molecule has 0 aromatic heterocycles. The fraction of sp³-hybridized carbons (Fsp3) is 0.538. The summed E-state index contributed by atoms with van der Waals surface area (Å²) in [5.74, 6) is 1.13. The lowest BCUT2D eigenvalue weighted by molar-refractivity contribution is 0.150. The zero-order chi connectivity index (χ0) is 28.8. The molecule has 1 heterocycles. The molecule has 1 saturated heterocycles. The van der Waals surface area contributed by atoms with Gasteiger partial charge in [0, 0.05) is 75.9 Å². The first-order valence-electron chi connectivity index (χ1n) is 13.2. The quantitative estimate of drug-likeness (QED) is 0.126. The molecule has 14 heteroatoms. The monoisotopic (exact) mass is 672 g/mol. The first-order chi connectivity index (χ1) is 19.4. The van der Waals surface area contributed by atoms with E-state index in [9.17, 15) is 9.13 Å². The molecule has 3 rings (SSSR count). The second-order valence-corrected chi connectivity index (χ2v) is 15.3. The molecule has 40 heavy (non-hydrogen) atoms. The predicted molar refractivity (Wildman–Crippen MR) is 167 cm³/mol. The Hall–Kier alpha value is -0.180. The van der Waals surface area contributed by atoms with Gasteiger partial charge in [0.15, 0.2) is 0 Å². The highest BCUT2D eigenvalue weighted by molar-refractivity contribution is 7.54. The average Bonchev–Trinajstić information content (AvgIpc) is 2.99. The third-order valence-electron chi connectivity index (χ3n) is 6.52. The van der Waals surface area contributed by atoms with Crippen molar-refractivity contribution in [1.29, 1.82) is 0 Å². The lowest BCUT2D eigenvalue weighted by Gasteiger charge is -2.45. The summed E-state index contributed by atoms with van der Waals surface area (Å²) in [6.07, 6.45) is 0. The molecule has 2 aromatic rings. The Bertz CT molecular complexity index is 987. The van der Waals surface area contributed by atoms with Crippen LogP contribution in [0, 0.1) is 0 Å². The Labute approximate surface area is 258 Å². The molecule has 0 bridgehead atoms. The Kier molecular flexibility index (Phi) is 15.3. The van der Waals surface area contributed by atoms with Crippen LogP contribution in [0.1, 0.15) is 11.1 Å². The Morgan fingerprint density at radius 3 is 1.15 bits per heavy atom. The maximum Gasteiger partial charge on any atom is 0.346 e. The van der Waals surface area contributed by atoms with Crippen molar-refractivity contribution in [2.24, 2.45) is 0 Å². The summed E-state index contributed by atoms with van der Waals surface area (Å²) in [6, 6.07) is 19.2. The van der Waals surface area contributed by atoms with Gasteiger partial charge in [0.05, 0.1) is 13.2 Å². The molecular formula is C26H38Cl4N4O4P2. The summed E-state index contributed by atoms with van der Waals surface area (Å²) in [5.41, 5.74) is 1.82. The number of alkyl halides is 4. The van der Waals surface area contributed by atoms with Crippen LogP contribution in [-0.2, 0) is 31.4 Å². The molecule has 8 nitrogen and oxygen atoms in total. The molecule has 0 saturated carbocycles. The first kappa shape index (κ1) is 34.3. The van der Waals surface area contributed by atoms with E-state index in [1.54, 1.807) is 9.34 Å². The number of halogens is 4. The lowest BCUT2D eigenvalue weighted by Crippen LogP contribution is -2.48. The summed E-state index contributed by atoms with van der Waals surface area (Å²) in [7, 11) is -7.02. The summed E-state index contributed by atoms with van der Waals surface area (Å²) in [4.78, 5) is 0. The van der Waals surface area contributed by atoms with Gasteiger partial charge in [0.2, 0.25) is 0 Å². The van der Waals surface area contributed by atoms with Gasteiger partial charge in [-0.2, -0.15) is 0 Å². The van der Waals surface area contributed by atoms with Crippen molar-refractivity contribution in [3.63, 3.8) is 0 Å². The highest BCUT2D eigenvalue weighted by Crippen LogP contribution is 2.59. The molecule has 2 atom stereocenters. The van der Waals surface area contributed by atoms with E-state index in [0.717, 1.165) is 11.1 Å². The molecule has 1 aliphatic rings. The van der Waals surface area contributed by atoms with Gasteiger partial charge in [-0.1, -0.05) is 60.7 Å². The van der Waals surface area contributed by atoms with Crippen LogP contribution < -0.4 is 0 Å². The van der Waals surface area contributed by atoms with Gasteiger partial charge in [0.25, 0.3) is 0 Å². The fourth-order valence-electron chi connectivity index (χ4n) is 4.46. The highest BCUT2D eigenvalue weighted by atomic mass is 35.5. The summed E-state index contributed by atoms with van der Waals surface area (Å²) >= 11 is 24.4. The smallest absolute Gasteiger partial charge is 0.301 e. The molecular weight excluding hydrogens is 636 g/mol. The van der Waals surface area contributed by atoms with Gasteiger partial charge < -0.3 is 9.05 Å². The lowest BCUT2D eigenvalue weighted by atomic mass is 10.2. The molecule has 0 unspecified atom stereocenters. The van der Waals surface area contributed by atoms with Crippen LogP contribution in [0.15, 0.2) is 60.7 Å². The van der Waals surface area contributed by atoms with Crippen LogP contribution in [-0.4, -0.2) is 94.6 Å². The largest absolute Gasteiger partial charge is 0.346 e. The van der Waals surface area contributed by atoms with Crippen molar-refractivity contribution in [3.05, 3.63) is 71.8 Å². The number of piperazine rings is 1. The molecule has 0 aliphatic carbocycles. The summed E-state index contributed by atoms with van der Waals surface area (Å²) < 4.78 is 48.7. The first-order valence-corrected chi connectivity index (χ1v) is 18.4. The third-order valence-corrected chi connectivity index (χ3v) is 12.6. The molecule has 0 amide bonds. The van der Waals surface area contributed by atoms with Crippen LogP contribution in [0.5, 0.6) is 0 Å². The van der Waals surface area contributed by atoms with Crippen LogP contribution in [0.25, 0.3) is 0 Å². The van der Waals surface area contributed by atoms with Crippen LogP contribution in [0.2, 0.25) is 0 Å². The Morgan fingerprint density at radius 2 is 0.875 bits per heavy atom. The summed E-state index contributed by atoms with van der Waals surface area (Å²) in [5, 5.41) is 0. The van der Waals surface area contributed by atoms with Crippen molar-refractivity contribution >= 4 is 61.7 Å². The molecule has 224 valence electrons. The van der Waals surface area contributed by atoms with E-state index in [-0.39, 0.29) is 36.7 Å². The standard InChI is InChI=1S/C26H38Cl4N4O4P2/c27-11-15-31(16-12-28)39(35,37-23-25-7-3-1-4-8-25)33-19-21-34(22-20-33)40(36,32(17-13-29)18-14-30)38-24-26-9-5-2-6-10-26/h1-10H,11-24H2/t39-,40-/m0/s1. The molecule has 0 spiro atoms. The zero-order valence-electron chi connectivity index (χ0n) is 22.5. The Balaban J connectivity index is 1.81. The van der Waals surface area contributed by atoms with E-state index in [2.05, 4.69) is 0 Å². The summed E-state index contributed by atoms with van der Waals surface area (Å²) in [6.45, 7) is 3.19. The third kappa shape index (κ3) is 9.41. The Morgan fingerprint density at radius 1 is 0.575 bits per heavy atom. The maximum absolute atomic E-state index is 14.6. The SMILES string of the molecule is O=[P@](OCc1ccccc1)(N(CCCl)CCCl)N1CCN([P@@](=O)(OCc2ccccc2)N(CCCl)CCCl)CC1. The topological polar surface area (TPSA) is 65.6 Å². The minimum Gasteiger partial charge on any atom is -0.301 e. The second-order valence-electron chi connectivity index (χ2n) is 9.07. The number of hydrogen-bond donors (Lipinski definition) is 0. The minimum absolute atomic E-state index is 0.178. The van der Waals surface area contributed by atoms with Crippen molar-refractivity contribution in [3.8, 4) is 0 Å². The second kappa shape index (κ2) is 17.8. The highest BCUT2D eigenvalue weighted by Gasteiger charge is 2.45. The molecule has 0 N–H and O–H groups in total. The van der Waals surface area contributed by atoms with Crippen LogP contribution in [0.3, 0.4) is 0 Å². The van der Waals surface area contributed by atoms with Gasteiger partial charge in [-0.3, -0.25) is 9.13 Å². The van der Waals surface area contributed by atoms with Crippen molar-refractivity contribution < 1.29 is 18.2 Å². The van der Waals surface area contributed by atoms with Crippen LogP contribution >= 0.6 is 61.7 Å². The van der Waals surface area contributed by atoms with Gasteiger partial charge >= 0.3 is 15.3 Å². The van der Waals surface area contributed by atoms with E-state index >= 15 is 0 Å². The molecule has 0 radical (unpaired) electrons. The van der Waals surface area contributed by atoms with Gasteiger partial charge in [-0.05, 0) is 11.1 Å². The molecule has 1 fully saturated rings. The maximum atomic E-state index is 14.6. The normalized spacial score (nSPS) is 18.1. The van der Waals surface area contributed by atoms with Crippen molar-refractivity contribution in [1.82, 2.24) is 18.7 Å². The number of benzene rings is 2. The average molecular weight is 674 g/mol. The number of rotatable bonds is 18. The van der Waals surface area contributed by atoms with Gasteiger partial charge in [-0.25, -0.2) is 18.7 Å². The van der Waals surface area contributed by atoms with Crippen LogP contribution in [0.4, 0.5) is 0 Å². The zero-order valence-corrected chi connectivity index (χ0v) is 27.3. The van der Waals surface area contributed by atoms with Gasteiger partial charge in [0.1, 0.15) is 0 Å². The predicted octanol–water partition coefficient (Wildman–Crippen LogP) is 6.81. The van der Waals surface area contributed by atoms with Crippen molar-refractivity contribution in [2.45, 2.75) is 13.2 Å². The van der Waals surface area contributed by atoms with E-state index < -0.39 is 15.3 Å². The number of nitrogens with zero attached hydrogens (tertiary/aromatic N) is 4. The number of hydrogen-bond acceptors (Lipinski definition) is 4. The van der Waals surface area contributed by atoms with E-state index in [1.807, 2.05) is 70.0 Å². The molecule has 2 aromatic carbocycles. The molecule has 1 aliphatic heterocycles. The van der Waals surface area contributed by atoms with Gasteiger partial charge in [-0.15, -0.1) is 46.4 Å². The van der Waals surface area contributed by atoms with E-state index in [4.69, 9.17) is 55.5 Å². The van der Waals surface area contributed by atoms with E-state index in [1.165, 1.54) is 0 Å².